The van der Waals surface area contributed by atoms with Gasteiger partial charge >= 0.3 is 0 Å². The highest BCUT2D eigenvalue weighted by atomic mass is 16.5. The van der Waals surface area contributed by atoms with Gasteiger partial charge in [-0.1, -0.05) is 19.0 Å². The Morgan fingerprint density at radius 3 is 2.81 bits per heavy atom. The highest BCUT2D eigenvalue weighted by molar-refractivity contribution is 5.79. The number of nitrogens with one attached hydrogen (secondary N) is 2. The predicted molar refractivity (Wildman–Crippen MR) is 82.6 cm³/mol. The zero-order chi connectivity index (χ0) is 15.5. The molecule has 7 heteroatoms. The maximum atomic E-state index is 5.20. The first kappa shape index (κ1) is 17.4. The predicted octanol–water partition coefficient (Wildman–Crippen LogP) is 1.33. The molecule has 0 unspecified atom stereocenters. The van der Waals surface area contributed by atoms with Crippen molar-refractivity contribution in [3.8, 4) is 0 Å². The molecule has 21 heavy (non-hydrogen) atoms. The van der Waals surface area contributed by atoms with Crippen molar-refractivity contribution in [3.63, 3.8) is 0 Å². The molecule has 120 valence electrons. The second kappa shape index (κ2) is 10.1. The van der Waals surface area contributed by atoms with E-state index >= 15 is 0 Å². The Hall–Kier alpha value is -1.63. The van der Waals surface area contributed by atoms with Crippen molar-refractivity contribution in [2.24, 2.45) is 4.99 Å². The molecule has 0 spiro atoms. The quantitative estimate of drug-likeness (QED) is 0.406. The molecule has 2 N–H and O–H groups in total. The van der Waals surface area contributed by atoms with Gasteiger partial charge in [-0.2, -0.15) is 4.98 Å². The summed E-state index contributed by atoms with van der Waals surface area (Å²) in [6.07, 6.45) is 1.63. The third-order valence-electron chi connectivity index (χ3n) is 2.76. The molecule has 0 aliphatic heterocycles. The first-order chi connectivity index (χ1) is 10.2. The number of guanidine groups is 1. The molecule has 1 rings (SSSR count). The molecule has 0 aliphatic carbocycles. The maximum Gasteiger partial charge on any atom is 0.226 e. The van der Waals surface area contributed by atoms with Crippen LogP contribution in [0.15, 0.2) is 9.52 Å². The lowest BCUT2D eigenvalue weighted by atomic mass is 10.2. The SMILES string of the molecule is CCNC(=NCCCc1nc(C(C)C)no1)NCCOC. The monoisotopic (exact) mass is 297 g/mol. The molecule has 0 fully saturated rings. The van der Waals surface area contributed by atoms with Crippen LogP contribution < -0.4 is 10.6 Å². The Labute approximate surface area is 126 Å². The molecule has 0 saturated heterocycles. The normalized spacial score (nSPS) is 12.0. The summed E-state index contributed by atoms with van der Waals surface area (Å²) in [5.41, 5.74) is 0. The number of aryl methyl sites for hydroxylation is 1. The van der Waals surface area contributed by atoms with Crippen LogP contribution in [0.1, 0.15) is 44.8 Å². The van der Waals surface area contributed by atoms with Crippen molar-refractivity contribution in [1.29, 1.82) is 0 Å². The Balaban J connectivity index is 2.32. The van der Waals surface area contributed by atoms with Gasteiger partial charge in [-0.15, -0.1) is 0 Å². The topological polar surface area (TPSA) is 84.6 Å². The second-order valence-electron chi connectivity index (χ2n) is 4.98. The molecule has 0 atom stereocenters. The molecular formula is C14H27N5O2. The van der Waals surface area contributed by atoms with E-state index in [1.54, 1.807) is 7.11 Å². The van der Waals surface area contributed by atoms with Crippen LogP contribution in [0.25, 0.3) is 0 Å². The second-order valence-corrected chi connectivity index (χ2v) is 4.98. The van der Waals surface area contributed by atoms with Crippen molar-refractivity contribution in [2.75, 3.05) is 33.4 Å². The molecule has 0 aromatic carbocycles. The third-order valence-corrected chi connectivity index (χ3v) is 2.76. The van der Waals surface area contributed by atoms with E-state index in [1.165, 1.54) is 0 Å². The van der Waals surface area contributed by atoms with Crippen molar-refractivity contribution in [1.82, 2.24) is 20.8 Å². The minimum atomic E-state index is 0.297. The standard InChI is InChI=1S/C14H27N5O2/c1-5-15-14(17-9-10-20-4)16-8-6-7-12-18-13(11(2)3)19-21-12/h11H,5-10H2,1-4H3,(H2,15,16,17). The van der Waals surface area contributed by atoms with Gasteiger partial charge < -0.3 is 19.9 Å². The minimum absolute atomic E-state index is 0.297. The number of aliphatic imine (C=N–C) groups is 1. The number of aromatic nitrogens is 2. The fourth-order valence-electron chi connectivity index (χ4n) is 1.64. The van der Waals surface area contributed by atoms with Crippen LogP contribution in [-0.2, 0) is 11.2 Å². The largest absolute Gasteiger partial charge is 0.383 e. The summed E-state index contributed by atoms with van der Waals surface area (Å²) in [6.45, 7) is 9.08. The lowest BCUT2D eigenvalue weighted by Crippen LogP contribution is -2.39. The number of hydrogen-bond donors (Lipinski definition) is 2. The van der Waals surface area contributed by atoms with Crippen LogP contribution in [-0.4, -0.2) is 49.5 Å². The van der Waals surface area contributed by atoms with Crippen LogP contribution in [0.2, 0.25) is 0 Å². The summed E-state index contributed by atoms with van der Waals surface area (Å²) < 4.78 is 10.2. The Morgan fingerprint density at radius 1 is 1.38 bits per heavy atom. The van der Waals surface area contributed by atoms with Crippen molar-refractivity contribution in [2.45, 2.75) is 39.5 Å². The summed E-state index contributed by atoms with van der Waals surface area (Å²) in [7, 11) is 1.68. The van der Waals surface area contributed by atoms with Gasteiger partial charge in [0.25, 0.3) is 0 Å². The highest BCUT2D eigenvalue weighted by Gasteiger charge is 2.08. The van der Waals surface area contributed by atoms with E-state index in [2.05, 4.69) is 25.8 Å². The van der Waals surface area contributed by atoms with Crippen molar-refractivity contribution in [3.05, 3.63) is 11.7 Å². The molecular weight excluding hydrogens is 270 g/mol. The average molecular weight is 297 g/mol. The summed E-state index contributed by atoms with van der Waals surface area (Å²) in [4.78, 5) is 8.84. The first-order valence-electron chi connectivity index (χ1n) is 7.51. The molecule has 0 saturated carbocycles. The van der Waals surface area contributed by atoms with E-state index in [9.17, 15) is 0 Å². The van der Waals surface area contributed by atoms with E-state index in [4.69, 9.17) is 9.26 Å². The summed E-state index contributed by atoms with van der Waals surface area (Å²) >= 11 is 0. The number of nitrogens with zero attached hydrogens (tertiary/aromatic N) is 3. The van der Waals surface area contributed by atoms with Crippen molar-refractivity contribution >= 4 is 5.96 Å². The van der Waals surface area contributed by atoms with Gasteiger partial charge in [0, 0.05) is 39.1 Å². The number of methoxy groups -OCH3 is 1. The van der Waals surface area contributed by atoms with E-state index in [0.29, 0.717) is 25.0 Å². The van der Waals surface area contributed by atoms with E-state index in [1.807, 2.05) is 20.8 Å². The van der Waals surface area contributed by atoms with Crippen LogP contribution in [0, 0.1) is 0 Å². The maximum absolute atomic E-state index is 5.20. The van der Waals surface area contributed by atoms with Gasteiger partial charge in [0.15, 0.2) is 11.8 Å². The van der Waals surface area contributed by atoms with Crippen LogP contribution >= 0.6 is 0 Å². The van der Waals surface area contributed by atoms with E-state index in [0.717, 1.165) is 37.7 Å². The fourth-order valence-corrected chi connectivity index (χ4v) is 1.64. The lowest BCUT2D eigenvalue weighted by molar-refractivity contribution is 0.203. The van der Waals surface area contributed by atoms with Gasteiger partial charge in [-0.3, -0.25) is 4.99 Å². The molecule has 7 nitrogen and oxygen atoms in total. The highest BCUT2D eigenvalue weighted by Crippen LogP contribution is 2.10. The van der Waals surface area contributed by atoms with Crippen LogP contribution in [0.3, 0.4) is 0 Å². The molecule has 0 bridgehead atoms. The minimum Gasteiger partial charge on any atom is -0.383 e. The molecule has 0 aliphatic rings. The first-order valence-corrected chi connectivity index (χ1v) is 7.51. The van der Waals surface area contributed by atoms with Gasteiger partial charge in [0.1, 0.15) is 0 Å². The Kier molecular flexibility index (Phi) is 8.42. The Morgan fingerprint density at radius 2 is 2.19 bits per heavy atom. The molecule has 1 aromatic rings. The summed E-state index contributed by atoms with van der Waals surface area (Å²) in [5.74, 6) is 2.56. The molecule has 0 amide bonds. The number of hydrogen-bond acceptors (Lipinski definition) is 5. The summed E-state index contributed by atoms with van der Waals surface area (Å²) in [5, 5.41) is 10.3. The molecule has 0 radical (unpaired) electrons. The summed E-state index contributed by atoms with van der Waals surface area (Å²) in [6, 6.07) is 0. The smallest absolute Gasteiger partial charge is 0.226 e. The van der Waals surface area contributed by atoms with Crippen LogP contribution in [0.4, 0.5) is 0 Å². The number of rotatable bonds is 9. The van der Waals surface area contributed by atoms with E-state index < -0.39 is 0 Å². The van der Waals surface area contributed by atoms with Gasteiger partial charge in [0.2, 0.25) is 5.89 Å². The van der Waals surface area contributed by atoms with Crippen LogP contribution in [0.5, 0.6) is 0 Å². The fraction of sp³-hybridized carbons (Fsp3) is 0.786. The Bertz CT molecular complexity index is 417. The average Bonchev–Trinajstić information content (AvgIpc) is 2.93. The van der Waals surface area contributed by atoms with Crippen molar-refractivity contribution < 1.29 is 9.26 Å². The molecule has 1 aromatic heterocycles. The zero-order valence-corrected chi connectivity index (χ0v) is 13.5. The van der Waals surface area contributed by atoms with E-state index in [-0.39, 0.29) is 0 Å². The third kappa shape index (κ3) is 7.08. The van der Waals surface area contributed by atoms with Gasteiger partial charge in [-0.25, -0.2) is 0 Å². The molecule has 1 heterocycles. The zero-order valence-electron chi connectivity index (χ0n) is 13.5. The number of ether oxygens (including phenoxy) is 1. The lowest BCUT2D eigenvalue weighted by Gasteiger charge is -2.10. The van der Waals surface area contributed by atoms with Gasteiger partial charge in [0.05, 0.1) is 6.61 Å². The van der Waals surface area contributed by atoms with Gasteiger partial charge in [-0.05, 0) is 13.3 Å².